The van der Waals surface area contributed by atoms with Crippen LogP contribution in [0.2, 0.25) is 0 Å². The van der Waals surface area contributed by atoms with E-state index in [9.17, 15) is 14.7 Å². The number of nitrogens with one attached hydrogen (secondary N) is 1. The van der Waals surface area contributed by atoms with Gasteiger partial charge in [0.15, 0.2) is 0 Å². The number of carboxylic acids is 1. The maximum atomic E-state index is 12.6. The number of amides is 1. The van der Waals surface area contributed by atoms with Crippen LogP contribution in [0.5, 0.6) is 5.75 Å². The van der Waals surface area contributed by atoms with Crippen LogP contribution < -0.4 is 10.1 Å². The van der Waals surface area contributed by atoms with Crippen molar-refractivity contribution < 1.29 is 24.2 Å². The minimum absolute atomic E-state index is 0.369. The topological polar surface area (TPSA) is 84.9 Å². The van der Waals surface area contributed by atoms with Crippen LogP contribution >= 0.6 is 0 Å². The lowest BCUT2D eigenvalue weighted by atomic mass is 9.90. The van der Waals surface area contributed by atoms with Crippen LogP contribution in [-0.2, 0) is 9.53 Å². The molecule has 0 aliphatic heterocycles. The second kappa shape index (κ2) is 9.42. The van der Waals surface area contributed by atoms with Gasteiger partial charge in [-0.05, 0) is 31.0 Å². The Labute approximate surface area is 148 Å². The zero-order valence-electron chi connectivity index (χ0n) is 14.8. The van der Waals surface area contributed by atoms with Crippen molar-refractivity contribution in [2.24, 2.45) is 0 Å². The van der Waals surface area contributed by atoms with Gasteiger partial charge >= 0.3 is 5.97 Å². The molecule has 1 aromatic rings. The molecule has 2 rings (SSSR count). The van der Waals surface area contributed by atoms with E-state index in [-0.39, 0.29) is 5.91 Å². The molecule has 25 heavy (non-hydrogen) atoms. The van der Waals surface area contributed by atoms with Gasteiger partial charge in [0.25, 0.3) is 5.91 Å². The number of hydrogen-bond acceptors (Lipinski definition) is 4. The second-order valence-corrected chi connectivity index (χ2v) is 6.48. The Hall–Kier alpha value is -2.08. The summed E-state index contributed by atoms with van der Waals surface area (Å²) < 4.78 is 10.6. The third-order valence-electron chi connectivity index (χ3n) is 4.58. The van der Waals surface area contributed by atoms with Crippen molar-refractivity contribution in [1.82, 2.24) is 5.32 Å². The Balaban J connectivity index is 2.04. The minimum atomic E-state index is -1.16. The first-order valence-corrected chi connectivity index (χ1v) is 8.85. The summed E-state index contributed by atoms with van der Waals surface area (Å²) >= 11 is 0. The SMILES string of the molecule is COCCCOc1cccc(C(=O)NC2(C(=O)O)CCCCCC2)c1. The maximum absolute atomic E-state index is 12.6. The summed E-state index contributed by atoms with van der Waals surface area (Å²) in [4.78, 5) is 24.4. The molecule has 6 heteroatoms. The van der Waals surface area contributed by atoms with Crippen LogP contribution in [0, 0.1) is 0 Å². The number of methoxy groups -OCH3 is 1. The number of carbonyl (C=O) groups is 2. The Morgan fingerprint density at radius 1 is 1.16 bits per heavy atom. The largest absolute Gasteiger partial charge is 0.493 e. The number of ether oxygens (including phenoxy) is 2. The lowest BCUT2D eigenvalue weighted by Crippen LogP contribution is -2.54. The van der Waals surface area contributed by atoms with Crippen molar-refractivity contribution in [2.75, 3.05) is 20.3 Å². The lowest BCUT2D eigenvalue weighted by Gasteiger charge is -2.29. The van der Waals surface area contributed by atoms with Crippen molar-refractivity contribution in [1.29, 1.82) is 0 Å². The van der Waals surface area contributed by atoms with Gasteiger partial charge in [0, 0.05) is 25.7 Å². The van der Waals surface area contributed by atoms with Gasteiger partial charge in [0.2, 0.25) is 0 Å². The number of rotatable bonds is 8. The predicted octanol–water partition coefficient (Wildman–Crippen LogP) is 3.01. The highest BCUT2D eigenvalue weighted by atomic mass is 16.5. The van der Waals surface area contributed by atoms with Gasteiger partial charge in [0.05, 0.1) is 6.61 Å². The van der Waals surface area contributed by atoms with Crippen molar-refractivity contribution in [3.8, 4) is 5.75 Å². The van der Waals surface area contributed by atoms with Gasteiger partial charge in [0.1, 0.15) is 11.3 Å². The van der Waals surface area contributed by atoms with Crippen LogP contribution in [0.3, 0.4) is 0 Å². The van der Waals surface area contributed by atoms with E-state index in [1.807, 2.05) is 0 Å². The van der Waals surface area contributed by atoms with Gasteiger partial charge in [-0.25, -0.2) is 4.79 Å². The molecule has 0 spiro atoms. The normalized spacial score (nSPS) is 16.7. The van der Waals surface area contributed by atoms with Crippen molar-refractivity contribution in [2.45, 2.75) is 50.5 Å². The van der Waals surface area contributed by atoms with E-state index in [1.54, 1.807) is 31.4 Å². The third-order valence-corrected chi connectivity index (χ3v) is 4.58. The Bertz CT molecular complexity index is 579. The van der Waals surface area contributed by atoms with E-state index < -0.39 is 11.5 Å². The Kier molecular flexibility index (Phi) is 7.25. The highest BCUT2D eigenvalue weighted by Gasteiger charge is 2.40. The predicted molar refractivity (Wildman–Crippen MR) is 94.0 cm³/mol. The van der Waals surface area contributed by atoms with Gasteiger partial charge in [-0.15, -0.1) is 0 Å². The van der Waals surface area contributed by atoms with Crippen molar-refractivity contribution >= 4 is 11.9 Å². The third kappa shape index (κ3) is 5.46. The Morgan fingerprint density at radius 3 is 2.52 bits per heavy atom. The molecule has 1 saturated carbocycles. The molecule has 138 valence electrons. The first-order chi connectivity index (χ1) is 12.1. The smallest absolute Gasteiger partial charge is 0.329 e. The van der Waals surface area contributed by atoms with Crippen molar-refractivity contribution in [3.63, 3.8) is 0 Å². The molecule has 1 fully saturated rings. The summed E-state index contributed by atoms with van der Waals surface area (Å²) in [7, 11) is 1.64. The van der Waals surface area contributed by atoms with Gasteiger partial charge in [-0.3, -0.25) is 4.79 Å². The number of hydrogen-bond donors (Lipinski definition) is 2. The van der Waals surface area contributed by atoms with E-state index in [0.29, 0.717) is 37.4 Å². The molecular weight excluding hydrogens is 322 g/mol. The number of benzene rings is 1. The van der Waals surface area contributed by atoms with Crippen LogP contribution in [0.25, 0.3) is 0 Å². The fraction of sp³-hybridized carbons (Fsp3) is 0.579. The van der Waals surface area contributed by atoms with Gasteiger partial charge < -0.3 is 19.9 Å². The summed E-state index contributed by atoms with van der Waals surface area (Å²) in [5, 5.41) is 12.5. The summed E-state index contributed by atoms with van der Waals surface area (Å²) in [5.74, 6) is -0.727. The highest BCUT2D eigenvalue weighted by molar-refractivity contribution is 5.98. The molecule has 0 radical (unpaired) electrons. The van der Waals surface area contributed by atoms with E-state index >= 15 is 0 Å². The molecule has 6 nitrogen and oxygen atoms in total. The first-order valence-electron chi connectivity index (χ1n) is 8.85. The zero-order chi connectivity index (χ0) is 18.1. The minimum Gasteiger partial charge on any atom is -0.493 e. The molecule has 1 aromatic carbocycles. The van der Waals surface area contributed by atoms with Crippen molar-refractivity contribution in [3.05, 3.63) is 29.8 Å². The lowest BCUT2D eigenvalue weighted by molar-refractivity contribution is -0.145. The first kappa shape index (κ1) is 19.2. The van der Waals surface area contributed by atoms with E-state index in [1.165, 1.54) is 0 Å². The second-order valence-electron chi connectivity index (χ2n) is 6.48. The number of carbonyl (C=O) groups excluding carboxylic acids is 1. The zero-order valence-corrected chi connectivity index (χ0v) is 14.8. The summed E-state index contributed by atoms with van der Waals surface area (Å²) in [6.45, 7) is 1.11. The van der Waals surface area contributed by atoms with Crippen LogP contribution in [-0.4, -0.2) is 42.8 Å². The fourth-order valence-corrected chi connectivity index (χ4v) is 3.13. The average Bonchev–Trinajstić information content (AvgIpc) is 2.85. The summed E-state index contributed by atoms with van der Waals surface area (Å²) in [6, 6.07) is 6.83. The van der Waals surface area contributed by atoms with E-state index in [4.69, 9.17) is 9.47 Å². The van der Waals surface area contributed by atoms with Gasteiger partial charge in [-0.2, -0.15) is 0 Å². The molecule has 1 aliphatic carbocycles. The molecule has 2 N–H and O–H groups in total. The summed E-state index contributed by atoms with van der Waals surface area (Å²) in [6.07, 6.45) is 5.35. The molecule has 0 bridgehead atoms. The quantitative estimate of drug-likeness (QED) is 0.557. The monoisotopic (exact) mass is 349 g/mol. The number of carboxylic acid groups (broad SMARTS) is 1. The maximum Gasteiger partial charge on any atom is 0.329 e. The highest BCUT2D eigenvalue weighted by Crippen LogP contribution is 2.28. The molecular formula is C19H27NO5. The molecule has 0 atom stereocenters. The molecule has 0 heterocycles. The van der Waals surface area contributed by atoms with E-state index in [2.05, 4.69) is 5.32 Å². The van der Waals surface area contributed by atoms with Crippen LogP contribution in [0.1, 0.15) is 55.3 Å². The average molecular weight is 349 g/mol. The molecule has 1 aliphatic rings. The Morgan fingerprint density at radius 2 is 1.88 bits per heavy atom. The van der Waals surface area contributed by atoms with Crippen LogP contribution in [0.4, 0.5) is 0 Å². The molecule has 1 amide bonds. The molecule has 0 saturated heterocycles. The van der Waals surface area contributed by atoms with E-state index in [0.717, 1.165) is 32.1 Å². The molecule has 0 aromatic heterocycles. The van der Waals surface area contributed by atoms with Gasteiger partial charge in [-0.1, -0.05) is 31.7 Å². The van der Waals surface area contributed by atoms with Crippen LogP contribution in [0.15, 0.2) is 24.3 Å². The number of aliphatic carboxylic acids is 1. The standard InChI is InChI=1S/C19H27NO5/c1-24-12-7-13-25-16-9-6-8-15(14-16)17(21)20-19(18(22)23)10-4-2-3-5-11-19/h6,8-9,14H,2-5,7,10-13H2,1H3,(H,20,21)(H,22,23). The summed E-state index contributed by atoms with van der Waals surface area (Å²) in [5.41, 5.74) is -0.753. The molecule has 0 unspecified atom stereocenters. The fourth-order valence-electron chi connectivity index (χ4n) is 3.13.